The van der Waals surface area contributed by atoms with Crippen LogP contribution < -0.4 is 0 Å². The van der Waals surface area contributed by atoms with Crippen molar-refractivity contribution in [2.45, 2.75) is 9.79 Å². The van der Waals surface area contributed by atoms with Gasteiger partial charge in [0.2, 0.25) is 0 Å². The zero-order chi connectivity index (χ0) is 13.6. The van der Waals surface area contributed by atoms with Crippen LogP contribution in [0.4, 0.5) is 0 Å². The van der Waals surface area contributed by atoms with E-state index < -0.39 is 30.0 Å². The van der Waals surface area contributed by atoms with Crippen molar-refractivity contribution < 1.29 is 48.3 Å². The first-order valence-corrected chi connectivity index (χ1v) is 7.46. The Bertz CT molecular complexity index is 826. The van der Waals surface area contributed by atoms with Gasteiger partial charge in [0.25, 0.3) is 0 Å². The molecule has 0 aliphatic carbocycles. The summed E-state index contributed by atoms with van der Waals surface area (Å²) in [7, 11) is -10.1. The van der Waals surface area contributed by atoms with E-state index in [1.54, 1.807) is 6.07 Å². The molecule has 0 spiro atoms. The smallest absolute Gasteiger partial charge is 0.126 e. The summed E-state index contributed by atoms with van der Waals surface area (Å²) < 4.78 is 66.4. The first kappa shape index (κ1) is 16.3. The Morgan fingerprint density at radius 3 is 1.89 bits per heavy atom. The van der Waals surface area contributed by atoms with E-state index in [0.717, 1.165) is 6.07 Å². The Morgan fingerprint density at radius 2 is 1.37 bits per heavy atom. The second kappa shape index (κ2) is 5.33. The van der Waals surface area contributed by atoms with Crippen molar-refractivity contribution in [1.82, 2.24) is 0 Å². The molecule has 0 aliphatic heterocycles. The minimum atomic E-state index is -5.07. The molecular weight excluding hydrogens is 388 g/mol. The molecule has 0 aliphatic rings. The molecule has 0 unspecified atom stereocenters. The molecule has 0 amide bonds. The molecule has 2 aromatic carbocycles. The maximum atomic E-state index is 11.2. The molecule has 0 N–H and O–H groups in total. The quantitative estimate of drug-likeness (QED) is 0.546. The van der Waals surface area contributed by atoms with Gasteiger partial charge in [0.1, 0.15) is 20.2 Å². The van der Waals surface area contributed by atoms with Crippen LogP contribution in [0.5, 0.6) is 0 Å². The summed E-state index contributed by atoms with van der Waals surface area (Å²) in [4.78, 5) is -2.01. The fourth-order valence-electron chi connectivity index (χ4n) is 1.68. The fraction of sp³-hybridized carbons (Fsp3) is 0. The van der Waals surface area contributed by atoms with Gasteiger partial charge in [-0.05, 0) is 11.5 Å². The summed E-state index contributed by atoms with van der Waals surface area (Å²) >= 11 is 0. The molecule has 6 nitrogen and oxygen atoms in total. The Kier molecular flexibility index (Phi) is 4.58. The van der Waals surface area contributed by atoms with Gasteiger partial charge in [0.15, 0.2) is 0 Å². The van der Waals surface area contributed by atoms with E-state index in [2.05, 4.69) is 0 Å². The molecule has 0 bridgehead atoms. The fourth-order valence-corrected chi connectivity index (χ4v) is 3.63. The SMILES string of the molecule is O=S(=O)([O-])c1ccc2ccccc2c1S(=O)(=O)[O-].[Ag]. The van der Waals surface area contributed by atoms with Crippen molar-refractivity contribution in [2.75, 3.05) is 0 Å². The van der Waals surface area contributed by atoms with Crippen molar-refractivity contribution in [3.05, 3.63) is 36.4 Å². The number of benzene rings is 2. The molecule has 0 saturated carbocycles. The topological polar surface area (TPSA) is 114 Å². The van der Waals surface area contributed by atoms with Crippen LogP contribution in [0.2, 0.25) is 0 Å². The Hall–Kier alpha value is -0.740. The van der Waals surface area contributed by atoms with E-state index in [1.807, 2.05) is 0 Å². The first-order chi connectivity index (χ1) is 8.21. The minimum absolute atomic E-state index is 0. The third-order valence-electron chi connectivity index (χ3n) is 2.36. The van der Waals surface area contributed by atoms with Crippen molar-refractivity contribution in [3.63, 3.8) is 0 Å². The molecule has 1 radical (unpaired) electrons. The predicted octanol–water partition coefficient (Wildman–Crippen LogP) is 0.646. The van der Waals surface area contributed by atoms with Gasteiger partial charge in [-0.25, -0.2) is 16.8 Å². The summed E-state index contributed by atoms with van der Waals surface area (Å²) in [6.45, 7) is 0. The molecular formula is C10H6AgO6S2-2. The normalized spacial score (nSPS) is 12.1. The molecule has 0 saturated heterocycles. The van der Waals surface area contributed by atoms with Gasteiger partial charge >= 0.3 is 0 Å². The number of rotatable bonds is 2. The summed E-state index contributed by atoms with van der Waals surface area (Å²) in [5, 5.41) is 0.281. The predicted molar refractivity (Wildman–Crippen MR) is 59.9 cm³/mol. The van der Waals surface area contributed by atoms with Crippen molar-refractivity contribution in [2.24, 2.45) is 0 Å². The third kappa shape index (κ3) is 3.23. The van der Waals surface area contributed by atoms with E-state index in [-0.39, 0.29) is 27.8 Å². The van der Waals surface area contributed by atoms with Crippen LogP contribution in [-0.4, -0.2) is 25.9 Å². The van der Waals surface area contributed by atoms with Crippen LogP contribution in [0.15, 0.2) is 46.2 Å². The van der Waals surface area contributed by atoms with E-state index in [4.69, 9.17) is 0 Å². The minimum Gasteiger partial charge on any atom is -0.744 e. The molecule has 0 aromatic heterocycles. The van der Waals surface area contributed by atoms with Crippen LogP contribution in [-0.2, 0) is 42.6 Å². The van der Waals surface area contributed by atoms with E-state index >= 15 is 0 Å². The van der Waals surface area contributed by atoms with Gasteiger partial charge in [-0.2, -0.15) is 0 Å². The molecule has 0 heterocycles. The van der Waals surface area contributed by atoms with Crippen LogP contribution in [0.3, 0.4) is 0 Å². The van der Waals surface area contributed by atoms with Crippen molar-refractivity contribution in [3.8, 4) is 0 Å². The van der Waals surface area contributed by atoms with Crippen LogP contribution in [0, 0.1) is 0 Å². The molecule has 2 rings (SSSR count). The van der Waals surface area contributed by atoms with Gasteiger partial charge in [-0.3, -0.25) is 0 Å². The average Bonchev–Trinajstić information content (AvgIpc) is 2.24. The Morgan fingerprint density at radius 1 is 0.789 bits per heavy atom. The van der Waals surface area contributed by atoms with Gasteiger partial charge in [-0.15, -0.1) is 0 Å². The molecule has 107 valence electrons. The molecule has 19 heavy (non-hydrogen) atoms. The maximum Gasteiger partial charge on any atom is 0.126 e. The zero-order valence-electron chi connectivity index (χ0n) is 9.03. The maximum absolute atomic E-state index is 11.2. The van der Waals surface area contributed by atoms with Gasteiger partial charge in [0.05, 0.1) is 9.79 Å². The molecule has 2 aromatic rings. The molecule has 0 fully saturated rings. The Labute approximate surface area is 125 Å². The number of fused-ring (bicyclic) bond motifs is 1. The van der Waals surface area contributed by atoms with Crippen molar-refractivity contribution in [1.29, 1.82) is 0 Å². The number of hydrogen-bond acceptors (Lipinski definition) is 6. The second-order valence-electron chi connectivity index (χ2n) is 3.52. The van der Waals surface area contributed by atoms with E-state index in [9.17, 15) is 25.9 Å². The second-order valence-corrected chi connectivity index (χ2v) is 6.19. The van der Waals surface area contributed by atoms with Gasteiger partial charge in [0, 0.05) is 27.8 Å². The monoisotopic (exact) mass is 393 g/mol. The van der Waals surface area contributed by atoms with E-state index in [1.165, 1.54) is 24.3 Å². The molecule has 9 heteroatoms. The summed E-state index contributed by atoms with van der Waals surface area (Å²) in [5.74, 6) is 0. The number of hydrogen-bond donors (Lipinski definition) is 0. The van der Waals surface area contributed by atoms with Gasteiger partial charge < -0.3 is 9.11 Å². The largest absolute Gasteiger partial charge is 0.744 e. The van der Waals surface area contributed by atoms with Crippen LogP contribution >= 0.6 is 0 Å². The van der Waals surface area contributed by atoms with Crippen LogP contribution in [0.25, 0.3) is 10.8 Å². The first-order valence-electron chi connectivity index (χ1n) is 4.65. The molecule has 0 atom stereocenters. The Balaban J connectivity index is 0.00000180. The zero-order valence-corrected chi connectivity index (χ0v) is 12.1. The summed E-state index contributed by atoms with van der Waals surface area (Å²) in [6, 6.07) is 7.91. The summed E-state index contributed by atoms with van der Waals surface area (Å²) in [6.07, 6.45) is 0. The summed E-state index contributed by atoms with van der Waals surface area (Å²) in [5.41, 5.74) is 0. The standard InChI is InChI=1S/C10H8O6S2.Ag/c11-17(12,13)9-6-5-7-3-1-2-4-8(7)10(9)18(14,15)16;/h1-6H,(H,11,12,13)(H,14,15,16);/p-2. The van der Waals surface area contributed by atoms with Crippen LogP contribution in [0.1, 0.15) is 0 Å². The third-order valence-corrected chi connectivity index (χ3v) is 4.31. The average molecular weight is 394 g/mol. The van der Waals surface area contributed by atoms with Gasteiger partial charge in [-0.1, -0.05) is 30.3 Å². The van der Waals surface area contributed by atoms with Crippen molar-refractivity contribution >= 4 is 31.0 Å². The van der Waals surface area contributed by atoms with E-state index in [0.29, 0.717) is 5.39 Å².